The summed E-state index contributed by atoms with van der Waals surface area (Å²) in [6, 6.07) is 5.88. The van der Waals surface area contributed by atoms with Gasteiger partial charge in [0.2, 0.25) is 0 Å². The predicted molar refractivity (Wildman–Crippen MR) is 78.6 cm³/mol. The molecule has 1 unspecified atom stereocenters. The van der Waals surface area contributed by atoms with Gasteiger partial charge in [0.1, 0.15) is 11.6 Å². The number of benzene rings is 1. The molecule has 0 amide bonds. The van der Waals surface area contributed by atoms with Crippen LogP contribution in [0.25, 0.3) is 0 Å². The summed E-state index contributed by atoms with van der Waals surface area (Å²) in [7, 11) is 0. The molecule has 20 heavy (non-hydrogen) atoms. The Hall–Kier alpha value is -1.04. The van der Waals surface area contributed by atoms with Crippen LogP contribution in [0.2, 0.25) is 5.02 Å². The third kappa shape index (κ3) is 2.57. The molecule has 0 aliphatic rings. The Morgan fingerprint density at radius 3 is 2.55 bits per heavy atom. The van der Waals surface area contributed by atoms with Crippen LogP contribution >= 0.6 is 27.5 Å². The number of nitrogens with zero attached hydrogens (tertiary/aromatic N) is 1. The molecule has 2 N–H and O–H groups in total. The third-order valence-electron chi connectivity index (χ3n) is 3.26. The van der Waals surface area contributed by atoms with Crippen molar-refractivity contribution in [2.75, 3.05) is 0 Å². The minimum Gasteiger partial charge on any atom is -0.316 e. The fourth-order valence-electron chi connectivity index (χ4n) is 2.02. The SMILES string of the molecule is CCC(N)(c1ccc(F)cn1)c1ccc(Br)c(Cl)c1F. The molecule has 106 valence electrons. The molecule has 0 spiro atoms. The molecule has 0 bridgehead atoms. The van der Waals surface area contributed by atoms with Gasteiger partial charge in [-0.15, -0.1) is 0 Å². The summed E-state index contributed by atoms with van der Waals surface area (Å²) in [4.78, 5) is 3.97. The number of hydrogen-bond donors (Lipinski definition) is 1. The van der Waals surface area contributed by atoms with E-state index in [1.807, 2.05) is 0 Å². The van der Waals surface area contributed by atoms with Crippen molar-refractivity contribution in [1.29, 1.82) is 0 Å². The maximum atomic E-state index is 14.4. The largest absolute Gasteiger partial charge is 0.316 e. The summed E-state index contributed by atoms with van der Waals surface area (Å²) in [5.74, 6) is -1.07. The van der Waals surface area contributed by atoms with Crippen molar-refractivity contribution in [3.63, 3.8) is 0 Å². The van der Waals surface area contributed by atoms with Gasteiger partial charge in [0, 0.05) is 10.0 Å². The first-order chi connectivity index (χ1) is 9.40. The number of nitrogens with two attached hydrogens (primary N) is 1. The maximum Gasteiger partial charge on any atom is 0.148 e. The fraction of sp³-hybridized carbons (Fsp3) is 0.214. The molecule has 0 saturated heterocycles. The Kier molecular flexibility index (Phi) is 4.42. The zero-order chi connectivity index (χ0) is 14.9. The first-order valence-corrected chi connectivity index (χ1v) is 7.12. The van der Waals surface area contributed by atoms with Crippen LogP contribution in [-0.2, 0) is 5.54 Å². The van der Waals surface area contributed by atoms with Gasteiger partial charge in [0.15, 0.2) is 0 Å². The number of rotatable bonds is 3. The van der Waals surface area contributed by atoms with E-state index in [2.05, 4.69) is 20.9 Å². The standard InChI is InChI=1S/C14H12BrClF2N2/c1-2-14(19,11-6-3-8(17)7-20-11)9-4-5-10(15)12(16)13(9)18/h3-7H,2,19H2,1H3. The van der Waals surface area contributed by atoms with E-state index in [1.165, 1.54) is 12.1 Å². The Balaban J connectivity index is 2.62. The molecule has 0 fully saturated rings. The van der Waals surface area contributed by atoms with E-state index >= 15 is 0 Å². The van der Waals surface area contributed by atoms with Gasteiger partial charge in [-0.05, 0) is 40.5 Å². The highest BCUT2D eigenvalue weighted by atomic mass is 79.9. The highest BCUT2D eigenvalue weighted by Gasteiger charge is 2.33. The molecule has 2 rings (SSSR count). The van der Waals surface area contributed by atoms with Gasteiger partial charge < -0.3 is 5.73 Å². The van der Waals surface area contributed by atoms with Crippen LogP contribution in [0.4, 0.5) is 8.78 Å². The number of hydrogen-bond acceptors (Lipinski definition) is 2. The lowest BCUT2D eigenvalue weighted by Gasteiger charge is -2.29. The second-order valence-electron chi connectivity index (χ2n) is 4.41. The van der Waals surface area contributed by atoms with E-state index in [0.29, 0.717) is 16.6 Å². The Bertz CT molecular complexity index is 634. The highest BCUT2D eigenvalue weighted by molar-refractivity contribution is 9.10. The van der Waals surface area contributed by atoms with Crippen molar-refractivity contribution in [1.82, 2.24) is 4.98 Å². The zero-order valence-corrected chi connectivity index (χ0v) is 13.0. The van der Waals surface area contributed by atoms with Crippen molar-refractivity contribution in [2.24, 2.45) is 5.73 Å². The van der Waals surface area contributed by atoms with Crippen LogP contribution in [0, 0.1) is 11.6 Å². The van der Waals surface area contributed by atoms with Gasteiger partial charge in [-0.3, -0.25) is 4.98 Å². The molecular weight excluding hydrogens is 350 g/mol. The van der Waals surface area contributed by atoms with Crippen LogP contribution < -0.4 is 5.73 Å². The summed E-state index contributed by atoms with van der Waals surface area (Å²) in [5.41, 5.74) is 5.76. The molecule has 1 aromatic carbocycles. The minimum absolute atomic E-state index is 0.0344. The van der Waals surface area contributed by atoms with E-state index in [1.54, 1.807) is 19.1 Å². The van der Waals surface area contributed by atoms with Gasteiger partial charge in [-0.1, -0.05) is 24.6 Å². The highest BCUT2D eigenvalue weighted by Crippen LogP contribution is 2.36. The van der Waals surface area contributed by atoms with Gasteiger partial charge in [-0.2, -0.15) is 0 Å². The van der Waals surface area contributed by atoms with Crippen molar-refractivity contribution in [2.45, 2.75) is 18.9 Å². The number of halogens is 4. The first kappa shape index (κ1) is 15.4. The van der Waals surface area contributed by atoms with E-state index in [-0.39, 0.29) is 10.6 Å². The average molecular weight is 362 g/mol. The lowest BCUT2D eigenvalue weighted by atomic mass is 9.84. The second kappa shape index (κ2) is 5.76. The van der Waals surface area contributed by atoms with Gasteiger partial charge in [-0.25, -0.2) is 8.78 Å². The van der Waals surface area contributed by atoms with Crippen LogP contribution in [0.3, 0.4) is 0 Å². The summed E-state index contributed by atoms with van der Waals surface area (Å²) in [6.45, 7) is 1.81. The topological polar surface area (TPSA) is 38.9 Å². The molecule has 1 aromatic heterocycles. The average Bonchev–Trinajstić information content (AvgIpc) is 2.45. The van der Waals surface area contributed by atoms with Crippen molar-refractivity contribution in [3.05, 3.63) is 62.8 Å². The molecular formula is C14H12BrClF2N2. The Labute approximate surface area is 129 Å². The molecule has 1 heterocycles. The third-order valence-corrected chi connectivity index (χ3v) is 4.52. The zero-order valence-electron chi connectivity index (χ0n) is 10.6. The smallest absolute Gasteiger partial charge is 0.148 e. The quantitative estimate of drug-likeness (QED) is 0.824. The Morgan fingerprint density at radius 1 is 1.30 bits per heavy atom. The molecule has 2 nitrogen and oxygen atoms in total. The van der Waals surface area contributed by atoms with E-state index < -0.39 is 17.2 Å². The van der Waals surface area contributed by atoms with Gasteiger partial charge >= 0.3 is 0 Å². The number of pyridine rings is 1. The van der Waals surface area contributed by atoms with Crippen LogP contribution in [0.15, 0.2) is 34.9 Å². The van der Waals surface area contributed by atoms with Gasteiger partial charge in [0.05, 0.1) is 22.5 Å². The van der Waals surface area contributed by atoms with Crippen LogP contribution in [-0.4, -0.2) is 4.98 Å². The normalized spacial score (nSPS) is 14.1. The minimum atomic E-state index is -1.16. The van der Waals surface area contributed by atoms with Crippen molar-refractivity contribution < 1.29 is 8.78 Å². The molecule has 0 aliphatic carbocycles. The van der Waals surface area contributed by atoms with Crippen molar-refractivity contribution >= 4 is 27.5 Å². The summed E-state index contributed by atoms with van der Waals surface area (Å²) < 4.78 is 27.8. The van der Waals surface area contributed by atoms with E-state index in [9.17, 15) is 8.78 Å². The fourth-order valence-corrected chi connectivity index (χ4v) is 2.49. The van der Waals surface area contributed by atoms with Crippen molar-refractivity contribution in [3.8, 4) is 0 Å². The van der Waals surface area contributed by atoms with Gasteiger partial charge in [0.25, 0.3) is 0 Å². The summed E-state index contributed by atoms with van der Waals surface area (Å²) in [5, 5.41) is -0.0344. The predicted octanol–water partition coefficient (Wildman–Crippen LogP) is 4.39. The summed E-state index contributed by atoms with van der Waals surface area (Å²) >= 11 is 9.06. The van der Waals surface area contributed by atoms with E-state index in [0.717, 1.165) is 6.20 Å². The van der Waals surface area contributed by atoms with Crippen LogP contribution in [0.5, 0.6) is 0 Å². The molecule has 1 atom stereocenters. The second-order valence-corrected chi connectivity index (χ2v) is 5.64. The summed E-state index contributed by atoms with van der Waals surface area (Å²) in [6.07, 6.45) is 1.45. The first-order valence-electron chi connectivity index (χ1n) is 5.95. The maximum absolute atomic E-state index is 14.4. The molecule has 0 aliphatic heterocycles. The monoisotopic (exact) mass is 360 g/mol. The van der Waals surface area contributed by atoms with E-state index in [4.69, 9.17) is 17.3 Å². The molecule has 0 radical (unpaired) electrons. The number of aromatic nitrogens is 1. The lowest BCUT2D eigenvalue weighted by Crippen LogP contribution is -2.39. The Morgan fingerprint density at radius 2 is 2.00 bits per heavy atom. The molecule has 6 heteroatoms. The molecule has 0 saturated carbocycles. The van der Waals surface area contributed by atoms with Crippen LogP contribution in [0.1, 0.15) is 24.6 Å². The molecule has 2 aromatic rings. The lowest BCUT2D eigenvalue weighted by molar-refractivity contribution is 0.465.